The van der Waals surface area contributed by atoms with E-state index in [0.717, 1.165) is 22.4 Å². The predicted octanol–water partition coefficient (Wildman–Crippen LogP) is 5.66. The van der Waals surface area contributed by atoms with Crippen molar-refractivity contribution < 1.29 is 9.53 Å². The quantitative estimate of drug-likeness (QED) is 0.449. The highest BCUT2D eigenvalue weighted by Gasteiger charge is 2.63. The van der Waals surface area contributed by atoms with Crippen LogP contribution in [-0.4, -0.2) is 25.0 Å². The third-order valence-corrected chi connectivity index (χ3v) is 6.96. The second kappa shape index (κ2) is 8.91. The van der Waals surface area contributed by atoms with Gasteiger partial charge in [0.15, 0.2) is 5.41 Å². The van der Waals surface area contributed by atoms with Crippen molar-refractivity contribution in [1.82, 2.24) is 0 Å². The summed E-state index contributed by atoms with van der Waals surface area (Å²) in [4.78, 5) is 18.9. The number of benzene rings is 3. The third-order valence-electron chi connectivity index (χ3n) is 6.62. The molecular weight excluding hydrogens is 460 g/mol. The average molecular weight is 481 g/mol. The molecule has 0 aromatic heterocycles. The van der Waals surface area contributed by atoms with E-state index in [1.54, 1.807) is 19.1 Å². The summed E-state index contributed by atoms with van der Waals surface area (Å²) in [5, 5.41) is 21.7. The van der Waals surface area contributed by atoms with E-state index in [4.69, 9.17) is 21.3 Å². The number of hydrogen-bond acceptors (Lipinski definition) is 5. The smallest absolute Gasteiger partial charge is 0.327 e. The molecule has 0 unspecified atom stereocenters. The second-order valence-electron chi connectivity index (χ2n) is 8.40. The normalized spacial score (nSPS) is 20.2. The number of halogens is 1. The van der Waals surface area contributed by atoms with Crippen molar-refractivity contribution in [3.8, 4) is 23.3 Å². The second-order valence-corrected chi connectivity index (χ2v) is 8.81. The van der Waals surface area contributed by atoms with Crippen LogP contribution in [-0.2, 0) is 9.53 Å². The van der Waals surface area contributed by atoms with Crippen LogP contribution in [0.2, 0.25) is 5.02 Å². The Hall–Kier alpha value is -4.13. The fraction of sp³-hybridized carbons (Fsp3) is 0.214. The SMILES string of the molecule is CCOC(=O)CN=C1[C@H](c2ccccc2Cl)C(C#N)(C#N)[C@H]2c3ccccc3-c3ccccc3N12. The zero-order valence-electron chi connectivity index (χ0n) is 19.0. The lowest BCUT2D eigenvalue weighted by atomic mass is 9.69. The van der Waals surface area contributed by atoms with Crippen molar-refractivity contribution >= 4 is 29.1 Å². The maximum atomic E-state index is 12.3. The lowest BCUT2D eigenvalue weighted by Crippen LogP contribution is -2.35. The van der Waals surface area contributed by atoms with Gasteiger partial charge in [0, 0.05) is 10.6 Å². The van der Waals surface area contributed by atoms with Crippen molar-refractivity contribution in [2.75, 3.05) is 18.1 Å². The van der Waals surface area contributed by atoms with Gasteiger partial charge in [0.25, 0.3) is 0 Å². The topological polar surface area (TPSA) is 89.5 Å². The van der Waals surface area contributed by atoms with Gasteiger partial charge in [-0.3, -0.25) is 9.79 Å². The Labute approximate surface area is 208 Å². The first-order valence-electron chi connectivity index (χ1n) is 11.3. The summed E-state index contributed by atoms with van der Waals surface area (Å²) in [5.41, 5.74) is 2.67. The Bertz CT molecular complexity index is 1420. The maximum Gasteiger partial charge on any atom is 0.327 e. The van der Waals surface area contributed by atoms with Crippen LogP contribution in [0.5, 0.6) is 0 Å². The lowest BCUT2D eigenvalue weighted by molar-refractivity contribution is -0.141. The first kappa shape index (κ1) is 22.7. The van der Waals surface area contributed by atoms with Gasteiger partial charge in [-0.2, -0.15) is 10.5 Å². The number of hydrogen-bond donors (Lipinski definition) is 0. The number of ether oxygens (including phenoxy) is 1. The molecule has 172 valence electrons. The summed E-state index contributed by atoms with van der Waals surface area (Å²) in [7, 11) is 0. The number of aliphatic imine (C=N–C) groups is 1. The van der Waals surface area contributed by atoms with E-state index in [-0.39, 0.29) is 13.2 Å². The summed E-state index contributed by atoms with van der Waals surface area (Å²) in [5.74, 6) is -0.822. The molecule has 2 atom stereocenters. The highest BCUT2D eigenvalue weighted by Crippen LogP contribution is 2.62. The summed E-state index contributed by atoms with van der Waals surface area (Å²) < 4.78 is 5.11. The molecule has 5 rings (SSSR count). The molecular formula is C28H21ClN4O2. The molecule has 0 amide bonds. The highest BCUT2D eigenvalue weighted by atomic mass is 35.5. The van der Waals surface area contributed by atoms with E-state index in [0.29, 0.717) is 16.4 Å². The number of nitrogens with zero attached hydrogens (tertiary/aromatic N) is 4. The number of rotatable bonds is 4. The minimum atomic E-state index is -1.55. The molecule has 2 aliphatic rings. The molecule has 3 aromatic carbocycles. The molecule has 2 aliphatic heterocycles. The molecule has 0 spiro atoms. The zero-order chi connectivity index (χ0) is 24.6. The van der Waals surface area contributed by atoms with Crippen LogP contribution in [0, 0.1) is 28.1 Å². The molecule has 0 aliphatic carbocycles. The number of para-hydroxylation sites is 1. The highest BCUT2D eigenvalue weighted by molar-refractivity contribution is 6.32. The summed E-state index contributed by atoms with van der Waals surface area (Å²) in [6.07, 6.45) is 0. The Morgan fingerprint density at radius 1 is 1.00 bits per heavy atom. The van der Waals surface area contributed by atoms with Crippen LogP contribution in [0.25, 0.3) is 11.1 Å². The average Bonchev–Trinajstić information content (AvgIpc) is 3.19. The molecule has 7 heteroatoms. The molecule has 0 bridgehead atoms. The van der Waals surface area contributed by atoms with Gasteiger partial charge in [0.1, 0.15) is 12.4 Å². The van der Waals surface area contributed by atoms with E-state index in [1.807, 2.05) is 65.6 Å². The lowest BCUT2D eigenvalue weighted by Gasteiger charge is -2.37. The van der Waals surface area contributed by atoms with Crippen LogP contribution in [0.15, 0.2) is 77.8 Å². The van der Waals surface area contributed by atoms with Crippen LogP contribution >= 0.6 is 11.6 Å². The molecule has 0 N–H and O–H groups in total. The van der Waals surface area contributed by atoms with Gasteiger partial charge in [-0.05, 0) is 35.7 Å². The number of carbonyl (C=O) groups excluding carboxylic acids is 1. The van der Waals surface area contributed by atoms with E-state index in [9.17, 15) is 15.3 Å². The maximum absolute atomic E-state index is 12.3. The Kier molecular flexibility index (Phi) is 5.76. The van der Waals surface area contributed by atoms with Crippen LogP contribution in [0.1, 0.15) is 30.0 Å². The van der Waals surface area contributed by atoms with E-state index in [2.05, 4.69) is 12.1 Å². The number of fused-ring (bicyclic) bond motifs is 6. The number of esters is 1. The molecule has 1 saturated heterocycles. The van der Waals surface area contributed by atoms with Crippen molar-refractivity contribution in [3.63, 3.8) is 0 Å². The molecule has 0 saturated carbocycles. The molecule has 6 nitrogen and oxygen atoms in total. The number of amidine groups is 1. The standard InChI is InChI=1S/C28H21ClN4O2/c1-2-35-24(34)15-32-27-25(21-12-5-7-13-22(21)29)28(16-30,17-31)26-20-11-4-3-9-18(20)19-10-6-8-14-23(19)33(26)27/h3-14,25-26H,2,15H2,1H3/t25-,26+/m0/s1. The Balaban J connectivity index is 1.84. The van der Waals surface area contributed by atoms with Gasteiger partial charge in [0.2, 0.25) is 0 Å². The van der Waals surface area contributed by atoms with Crippen LogP contribution in [0.3, 0.4) is 0 Å². The van der Waals surface area contributed by atoms with E-state index < -0.39 is 23.3 Å². The van der Waals surface area contributed by atoms with Crippen LogP contribution in [0.4, 0.5) is 5.69 Å². The molecule has 1 fully saturated rings. The summed E-state index contributed by atoms with van der Waals surface area (Å²) in [6.45, 7) is 1.74. The Morgan fingerprint density at radius 3 is 2.31 bits per heavy atom. The Morgan fingerprint density at radius 2 is 1.63 bits per heavy atom. The minimum absolute atomic E-state index is 0.232. The van der Waals surface area contributed by atoms with Crippen molar-refractivity contribution in [1.29, 1.82) is 10.5 Å². The number of nitriles is 2. The fourth-order valence-electron chi connectivity index (χ4n) is 5.27. The van der Waals surface area contributed by atoms with Gasteiger partial charge in [-0.1, -0.05) is 72.3 Å². The van der Waals surface area contributed by atoms with Gasteiger partial charge in [-0.25, -0.2) is 0 Å². The van der Waals surface area contributed by atoms with Crippen molar-refractivity contribution in [3.05, 3.63) is 88.9 Å². The molecule has 0 radical (unpaired) electrons. The number of anilines is 1. The van der Waals surface area contributed by atoms with Gasteiger partial charge < -0.3 is 9.64 Å². The van der Waals surface area contributed by atoms with Crippen molar-refractivity contribution in [2.45, 2.75) is 18.9 Å². The molecule has 35 heavy (non-hydrogen) atoms. The minimum Gasteiger partial charge on any atom is -0.465 e. The molecule has 3 aromatic rings. The fourth-order valence-corrected chi connectivity index (χ4v) is 5.51. The van der Waals surface area contributed by atoms with Gasteiger partial charge in [-0.15, -0.1) is 0 Å². The van der Waals surface area contributed by atoms with E-state index in [1.165, 1.54) is 0 Å². The number of carbonyl (C=O) groups is 1. The first-order chi connectivity index (χ1) is 17.1. The van der Waals surface area contributed by atoms with Crippen LogP contribution < -0.4 is 4.90 Å². The van der Waals surface area contributed by atoms with Gasteiger partial charge in [0.05, 0.1) is 36.4 Å². The first-order valence-corrected chi connectivity index (χ1v) is 11.7. The van der Waals surface area contributed by atoms with Crippen molar-refractivity contribution in [2.24, 2.45) is 10.4 Å². The molecule has 2 heterocycles. The van der Waals surface area contributed by atoms with Gasteiger partial charge >= 0.3 is 5.97 Å². The third kappa shape index (κ3) is 3.38. The van der Waals surface area contributed by atoms with E-state index >= 15 is 0 Å². The summed E-state index contributed by atoms with van der Waals surface area (Å²) in [6, 6.07) is 26.9. The largest absolute Gasteiger partial charge is 0.465 e. The zero-order valence-corrected chi connectivity index (χ0v) is 19.7. The predicted molar refractivity (Wildman–Crippen MR) is 134 cm³/mol. The monoisotopic (exact) mass is 480 g/mol. The summed E-state index contributed by atoms with van der Waals surface area (Å²) >= 11 is 6.64.